The second-order valence-corrected chi connectivity index (χ2v) is 9.50. The molecule has 1 aromatic carbocycles. The third-order valence-corrected chi connectivity index (χ3v) is 7.23. The molecule has 2 fully saturated rings. The number of hydrogen-bond donors (Lipinski definition) is 2. The highest BCUT2D eigenvalue weighted by Crippen LogP contribution is 2.43. The fraction of sp³-hybridized carbons (Fsp3) is 0.400. The van der Waals surface area contributed by atoms with E-state index in [1.807, 2.05) is 11.8 Å². The van der Waals surface area contributed by atoms with Gasteiger partial charge in [0.25, 0.3) is 5.91 Å². The monoisotopic (exact) mass is 476 g/mol. The van der Waals surface area contributed by atoms with Gasteiger partial charge in [-0.3, -0.25) is 24.1 Å². The van der Waals surface area contributed by atoms with Gasteiger partial charge in [-0.1, -0.05) is 12.1 Å². The van der Waals surface area contributed by atoms with Gasteiger partial charge in [-0.15, -0.1) is 0 Å². The van der Waals surface area contributed by atoms with Gasteiger partial charge in [-0.2, -0.15) is 0 Å². The van der Waals surface area contributed by atoms with Crippen LogP contribution in [-0.2, 0) is 14.4 Å². The van der Waals surface area contributed by atoms with Crippen LogP contribution >= 0.6 is 0 Å². The van der Waals surface area contributed by atoms with E-state index in [2.05, 4.69) is 10.3 Å². The van der Waals surface area contributed by atoms with Gasteiger partial charge >= 0.3 is 0 Å². The summed E-state index contributed by atoms with van der Waals surface area (Å²) >= 11 is 0. The van der Waals surface area contributed by atoms with Gasteiger partial charge in [0, 0.05) is 19.5 Å². The highest BCUT2D eigenvalue weighted by Gasteiger charge is 2.53. The molecule has 3 N–H and O–H groups in total. The van der Waals surface area contributed by atoms with Crippen LogP contribution in [0.15, 0.2) is 42.6 Å². The maximum absolute atomic E-state index is 13.3. The average Bonchev–Trinajstić information content (AvgIpc) is 3.17. The summed E-state index contributed by atoms with van der Waals surface area (Å²) in [7, 11) is 0. The van der Waals surface area contributed by atoms with Crippen LogP contribution in [0.5, 0.6) is 0 Å². The number of para-hydroxylation sites is 1. The molecule has 4 amide bonds. The largest absolute Gasteiger partial charge is 0.369 e. The van der Waals surface area contributed by atoms with Gasteiger partial charge in [-0.25, -0.2) is 4.98 Å². The minimum atomic E-state index is -0.896. The number of carbonyl (C=O) groups excluding carboxylic acids is 4. The number of aromatic nitrogens is 1. The number of anilines is 3. The standard InChI is InChI=1S/C25H28N6O4/c1-25-11-10-22(33)31(25)19-7-3-2-6-18(19)24(35)30(25)15-21(32)28-17-8-9-20(27-13-17)29-12-4-5-16(14-29)23(26)34/h2-3,6-9,13,16H,4-5,10-12,14-15H2,1H3,(H2,26,34)(H,28,32). The molecular formula is C25H28N6O4. The smallest absolute Gasteiger partial charge is 0.258 e. The fourth-order valence-corrected chi connectivity index (χ4v) is 5.35. The minimum Gasteiger partial charge on any atom is -0.369 e. The summed E-state index contributed by atoms with van der Waals surface area (Å²) in [4.78, 5) is 60.1. The first-order valence-corrected chi connectivity index (χ1v) is 11.8. The van der Waals surface area contributed by atoms with Crippen LogP contribution in [0.4, 0.5) is 17.2 Å². The zero-order valence-corrected chi connectivity index (χ0v) is 19.6. The molecule has 3 aliphatic rings. The number of nitrogens with one attached hydrogen (secondary N) is 1. The number of pyridine rings is 1. The Morgan fingerprint density at radius 1 is 1.20 bits per heavy atom. The number of hydrogen-bond acceptors (Lipinski definition) is 6. The molecule has 10 nitrogen and oxygen atoms in total. The van der Waals surface area contributed by atoms with Crippen molar-refractivity contribution in [3.8, 4) is 0 Å². The minimum absolute atomic E-state index is 0.0612. The summed E-state index contributed by atoms with van der Waals surface area (Å²) in [5, 5.41) is 2.81. The van der Waals surface area contributed by atoms with E-state index in [1.165, 1.54) is 4.90 Å². The van der Waals surface area contributed by atoms with Crippen molar-refractivity contribution < 1.29 is 19.2 Å². The second-order valence-electron chi connectivity index (χ2n) is 9.50. The maximum atomic E-state index is 13.3. The summed E-state index contributed by atoms with van der Waals surface area (Å²) in [5.41, 5.74) is 6.07. The number of carbonyl (C=O) groups is 4. The lowest BCUT2D eigenvalue weighted by atomic mass is 9.97. The van der Waals surface area contributed by atoms with Crippen molar-refractivity contribution >= 4 is 40.8 Å². The predicted octanol–water partition coefficient (Wildman–Crippen LogP) is 1.72. The van der Waals surface area contributed by atoms with Crippen LogP contribution in [0, 0.1) is 5.92 Å². The van der Waals surface area contributed by atoms with Crippen LogP contribution in [0.1, 0.15) is 43.0 Å². The lowest BCUT2D eigenvalue weighted by Crippen LogP contribution is -2.63. The number of primary amides is 1. The molecule has 0 saturated carbocycles. The van der Waals surface area contributed by atoms with E-state index in [0.717, 1.165) is 19.4 Å². The van der Waals surface area contributed by atoms with E-state index >= 15 is 0 Å². The van der Waals surface area contributed by atoms with Gasteiger partial charge in [0.15, 0.2) is 0 Å². The molecule has 2 unspecified atom stereocenters. The van der Waals surface area contributed by atoms with E-state index in [1.54, 1.807) is 47.5 Å². The summed E-state index contributed by atoms with van der Waals surface area (Å²) in [5.74, 6) is -0.491. The Balaban J connectivity index is 1.29. The van der Waals surface area contributed by atoms with Gasteiger partial charge in [-0.05, 0) is 50.5 Å². The molecule has 2 aromatic rings. The predicted molar refractivity (Wildman–Crippen MR) is 130 cm³/mol. The molecule has 0 spiro atoms. The van der Waals surface area contributed by atoms with Crippen LogP contribution in [-0.4, -0.2) is 58.8 Å². The summed E-state index contributed by atoms with van der Waals surface area (Å²) in [6.45, 7) is 2.95. The number of piperidine rings is 1. The highest BCUT2D eigenvalue weighted by atomic mass is 16.2. The molecule has 1 aromatic heterocycles. The van der Waals surface area contributed by atoms with Crippen LogP contribution < -0.4 is 20.9 Å². The molecule has 5 rings (SSSR count). The Kier molecular flexibility index (Phi) is 5.66. The van der Waals surface area contributed by atoms with E-state index in [-0.39, 0.29) is 36.1 Å². The first-order valence-electron chi connectivity index (χ1n) is 11.8. The Morgan fingerprint density at radius 2 is 2.00 bits per heavy atom. The lowest BCUT2D eigenvalue weighted by molar-refractivity contribution is -0.122. The van der Waals surface area contributed by atoms with Crippen LogP contribution in [0.25, 0.3) is 0 Å². The van der Waals surface area contributed by atoms with Gasteiger partial charge in [0.05, 0.1) is 29.1 Å². The van der Waals surface area contributed by atoms with Crippen molar-refractivity contribution in [3.63, 3.8) is 0 Å². The van der Waals surface area contributed by atoms with Crippen molar-refractivity contribution in [1.82, 2.24) is 9.88 Å². The molecule has 2 atom stereocenters. The van der Waals surface area contributed by atoms with Crippen molar-refractivity contribution in [2.75, 3.05) is 34.8 Å². The Labute approximate surface area is 203 Å². The number of amides is 4. The zero-order valence-electron chi connectivity index (χ0n) is 19.6. The van der Waals surface area contributed by atoms with E-state index < -0.39 is 5.66 Å². The number of fused-ring (bicyclic) bond motifs is 3. The topological polar surface area (TPSA) is 129 Å². The second kappa shape index (κ2) is 8.68. The third-order valence-electron chi connectivity index (χ3n) is 7.23. The summed E-state index contributed by atoms with van der Waals surface area (Å²) in [6, 6.07) is 10.5. The van der Waals surface area contributed by atoms with E-state index in [4.69, 9.17) is 5.73 Å². The normalized spacial score (nSPS) is 23.7. The molecule has 2 saturated heterocycles. The highest BCUT2D eigenvalue weighted by molar-refractivity contribution is 6.11. The first-order chi connectivity index (χ1) is 16.8. The van der Waals surface area contributed by atoms with Crippen LogP contribution in [0.2, 0.25) is 0 Å². The Morgan fingerprint density at radius 3 is 2.74 bits per heavy atom. The quantitative estimate of drug-likeness (QED) is 0.676. The van der Waals surface area contributed by atoms with Crippen molar-refractivity contribution in [3.05, 3.63) is 48.2 Å². The molecule has 182 valence electrons. The first kappa shape index (κ1) is 22.8. The van der Waals surface area contributed by atoms with E-state index in [9.17, 15) is 19.2 Å². The molecule has 3 aliphatic heterocycles. The Hall–Kier alpha value is -3.95. The van der Waals surface area contributed by atoms with Crippen molar-refractivity contribution in [2.45, 2.75) is 38.3 Å². The maximum Gasteiger partial charge on any atom is 0.258 e. The molecule has 0 aliphatic carbocycles. The van der Waals surface area contributed by atoms with Crippen LogP contribution in [0.3, 0.4) is 0 Å². The van der Waals surface area contributed by atoms with Gasteiger partial charge in [0.1, 0.15) is 18.0 Å². The number of nitrogens with two attached hydrogens (primary N) is 1. The van der Waals surface area contributed by atoms with Crippen molar-refractivity contribution in [1.29, 1.82) is 0 Å². The fourth-order valence-electron chi connectivity index (χ4n) is 5.35. The number of nitrogens with zero attached hydrogens (tertiary/aromatic N) is 4. The Bertz CT molecular complexity index is 1200. The number of benzene rings is 1. The van der Waals surface area contributed by atoms with Gasteiger partial charge < -0.3 is 20.9 Å². The van der Waals surface area contributed by atoms with Crippen molar-refractivity contribution in [2.24, 2.45) is 11.7 Å². The third kappa shape index (κ3) is 3.98. The summed E-state index contributed by atoms with van der Waals surface area (Å²) in [6.07, 6.45) is 3.97. The zero-order chi connectivity index (χ0) is 24.7. The molecule has 35 heavy (non-hydrogen) atoms. The SMILES string of the molecule is CC12CCC(=O)N1c1ccccc1C(=O)N2CC(=O)Nc1ccc(N2CCCC(C(N)=O)C2)nc1. The molecule has 4 heterocycles. The average molecular weight is 477 g/mol. The molecule has 0 bridgehead atoms. The molecular weight excluding hydrogens is 448 g/mol. The number of rotatable bonds is 5. The molecule has 0 radical (unpaired) electrons. The summed E-state index contributed by atoms with van der Waals surface area (Å²) < 4.78 is 0. The van der Waals surface area contributed by atoms with Gasteiger partial charge in [0.2, 0.25) is 17.7 Å². The lowest BCUT2D eigenvalue weighted by Gasteiger charge is -2.48. The molecule has 10 heteroatoms. The van der Waals surface area contributed by atoms with E-state index in [0.29, 0.717) is 42.1 Å².